The van der Waals surface area contributed by atoms with Crippen molar-refractivity contribution in [2.24, 2.45) is 0 Å². The summed E-state index contributed by atoms with van der Waals surface area (Å²) < 4.78 is 16.8. The first-order valence-corrected chi connectivity index (χ1v) is 10.7. The fraction of sp³-hybridized carbons (Fsp3) is 0.565. The number of urea groups is 1. The van der Waals surface area contributed by atoms with Crippen LogP contribution in [0, 0.1) is 0 Å². The van der Waals surface area contributed by atoms with E-state index < -0.39 is 12.0 Å². The van der Waals surface area contributed by atoms with Crippen molar-refractivity contribution >= 4 is 12.0 Å². The Morgan fingerprint density at radius 2 is 1.90 bits per heavy atom. The Kier molecular flexibility index (Phi) is 9.02. The van der Waals surface area contributed by atoms with Gasteiger partial charge in [0.1, 0.15) is 0 Å². The van der Waals surface area contributed by atoms with Crippen molar-refractivity contribution in [1.29, 1.82) is 0 Å². The third-order valence-electron chi connectivity index (χ3n) is 4.85. The molecule has 0 radical (unpaired) electrons. The lowest BCUT2D eigenvalue weighted by atomic mass is 9.94. The van der Waals surface area contributed by atoms with Gasteiger partial charge in [0, 0.05) is 5.70 Å². The molecular weight excluding hydrogens is 384 g/mol. The Bertz CT molecular complexity index is 773. The molecule has 7 nitrogen and oxygen atoms in total. The number of rotatable bonds is 11. The molecule has 1 aromatic carbocycles. The van der Waals surface area contributed by atoms with Crippen LogP contribution in [0.15, 0.2) is 29.5 Å². The summed E-state index contributed by atoms with van der Waals surface area (Å²) >= 11 is 0. The molecule has 1 atom stereocenters. The van der Waals surface area contributed by atoms with Gasteiger partial charge in [-0.3, -0.25) is 0 Å². The largest absolute Gasteiger partial charge is 0.493 e. The molecule has 30 heavy (non-hydrogen) atoms. The fourth-order valence-corrected chi connectivity index (χ4v) is 3.36. The number of carbonyl (C=O) groups is 2. The first-order chi connectivity index (χ1) is 14.4. The normalized spacial score (nSPS) is 16.2. The maximum absolute atomic E-state index is 12.8. The molecule has 0 saturated carbocycles. The molecule has 1 heterocycles. The Labute approximate surface area is 179 Å². The first-order valence-electron chi connectivity index (χ1n) is 10.7. The minimum Gasteiger partial charge on any atom is -0.493 e. The minimum atomic E-state index is -0.632. The van der Waals surface area contributed by atoms with Gasteiger partial charge in [0.15, 0.2) is 11.5 Å². The average molecular weight is 419 g/mol. The molecule has 2 rings (SSSR count). The van der Waals surface area contributed by atoms with Crippen molar-refractivity contribution in [3.05, 3.63) is 35.0 Å². The number of benzene rings is 1. The third-order valence-corrected chi connectivity index (χ3v) is 4.85. The van der Waals surface area contributed by atoms with E-state index in [4.69, 9.17) is 14.2 Å². The number of nitrogens with one attached hydrogen (secondary N) is 2. The third kappa shape index (κ3) is 6.15. The van der Waals surface area contributed by atoms with E-state index in [2.05, 4.69) is 17.6 Å². The van der Waals surface area contributed by atoms with E-state index in [0.717, 1.165) is 18.4 Å². The Hall–Kier alpha value is -2.70. The minimum absolute atomic E-state index is 0.264. The van der Waals surface area contributed by atoms with Gasteiger partial charge in [0.2, 0.25) is 0 Å². The Morgan fingerprint density at radius 3 is 2.53 bits per heavy atom. The zero-order chi connectivity index (χ0) is 22.1. The predicted molar refractivity (Wildman–Crippen MR) is 116 cm³/mol. The van der Waals surface area contributed by atoms with Crippen LogP contribution in [0.3, 0.4) is 0 Å². The summed E-state index contributed by atoms with van der Waals surface area (Å²) in [6, 6.07) is 4.48. The van der Waals surface area contributed by atoms with Gasteiger partial charge in [-0.2, -0.15) is 0 Å². The second-order valence-electron chi connectivity index (χ2n) is 7.55. The highest BCUT2D eigenvalue weighted by atomic mass is 16.5. The molecule has 0 fully saturated rings. The zero-order valence-electron chi connectivity index (χ0n) is 18.7. The lowest BCUT2D eigenvalue weighted by Gasteiger charge is -2.30. The number of ether oxygens (including phenoxy) is 3. The maximum atomic E-state index is 12.8. The van der Waals surface area contributed by atoms with Gasteiger partial charge in [0.25, 0.3) is 0 Å². The first kappa shape index (κ1) is 23.6. The van der Waals surface area contributed by atoms with Gasteiger partial charge in [-0.15, -0.1) is 0 Å². The van der Waals surface area contributed by atoms with Crippen LogP contribution >= 0.6 is 0 Å². The molecule has 1 unspecified atom stereocenters. The summed E-state index contributed by atoms with van der Waals surface area (Å²) in [6.45, 7) is 8.27. The van der Waals surface area contributed by atoms with Crippen LogP contribution in [0.5, 0.6) is 11.5 Å². The maximum Gasteiger partial charge on any atom is 0.338 e. The summed E-state index contributed by atoms with van der Waals surface area (Å²) in [6.07, 6.45) is 4.72. The highest BCUT2D eigenvalue weighted by Crippen LogP contribution is 2.35. The molecule has 0 saturated heterocycles. The van der Waals surface area contributed by atoms with Crippen molar-refractivity contribution in [3.63, 3.8) is 0 Å². The summed E-state index contributed by atoms with van der Waals surface area (Å²) in [7, 11) is 1.57. The van der Waals surface area contributed by atoms with Crippen molar-refractivity contribution in [3.8, 4) is 11.5 Å². The number of esters is 1. The number of hydrogen-bond donors (Lipinski definition) is 2. The van der Waals surface area contributed by atoms with E-state index in [1.807, 2.05) is 19.1 Å². The van der Waals surface area contributed by atoms with Crippen molar-refractivity contribution in [1.82, 2.24) is 10.6 Å². The number of amides is 2. The van der Waals surface area contributed by atoms with Crippen LogP contribution in [0.4, 0.5) is 4.79 Å². The van der Waals surface area contributed by atoms with Gasteiger partial charge in [-0.1, -0.05) is 39.2 Å². The Balaban J connectivity index is 2.30. The Morgan fingerprint density at radius 1 is 1.13 bits per heavy atom. The number of carbonyl (C=O) groups excluding carboxylic acids is 2. The summed E-state index contributed by atoms with van der Waals surface area (Å²) in [4.78, 5) is 25.0. The average Bonchev–Trinajstić information content (AvgIpc) is 2.72. The molecule has 0 bridgehead atoms. The SMILES string of the molecule is CCCCCCOc1ccc(C2NC(=O)NC(CC)=C2C(=O)OC(C)C)cc1OC. The van der Waals surface area contributed by atoms with E-state index in [1.54, 1.807) is 27.0 Å². The molecule has 166 valence electrons. The number of allylic oxidation sites excluding steroid dienone is 1. The predicted octanol–water partition coefficient (Wildman–Crippen LogP) is 4.62. The highest BCUT2D eigenvalue weighted by Gasteiger charge is 2.34. The van der Waals surface area contributed by atoms with Crippen LogP contribution < -0.4 is 20.1 Å². The number of methoxy groups -OCH3 is 1. The molecule has 0 aromatic heterocycles. The number of unbranched alkanes of at least 4 members (excludes halogenated alkanes) is 3. The smallest absolute Gasteiger partial charge is 0.338 e. The van der Waals surface area contributed by atoms with Crippen LogP contribution in [0.2, 0.25) is 0 Å². The van der Waals surface area contributed by atoms with Crippen LogP contribution in [0.25, 0.3) is 0 Å². The van der Waals surface area contributed by atoms with Crippen LogP contribution in [0.1, 0.15) is 71.4 Å². The molecule has 2 N–H and O–H groups in total. The number of hydrogen-bond acceptors (Lipinski definition) is 5. The van der Waals surface area contributed by atoms with Crippen LogP contribution in [-0.2, 0) is 9.53 Å². The molecular formula is C23H34N2O5. The molecule has 1 aliphatic heterocycles. The van der Waals surface area contributed by atoms with Crippen molar-refractivity contribution in [2.45, 2.75) is 71.9 Å². The van der Waals surface area contributed by atoms with E-state index in [0.29, 0.717) is 35.8 Å². The molecule has 0 aliphatic carbocycles. The van der Waals surface area contributed by atoms with Gasteiger partial charge in [-0.25, -0.2) is 9.59 Å². The van der Waals surface area contributed by atoms with Gasteiger partial charge >= 0.3 is 12.0 Å². The van der Waals surface area contributed by atoms with Crippen molar-refractivity contribution < 1.29 is 23.8 Å². The molecule has 1 aromatic rings. The molecule has 1 aliphatic rings. The summed E-state index contributed by atoms with van der Waals surface area (Å²) in [5.41, 5.74) is 1.69. The van der Waals surface area contributed by atoms with E-state index >= 15 is 0 Å². The van der Waals surface area contributed by atoms with Gasteiger partial charge < -0.3 is 24.8 Å². The molecule has 7 heteroatoms. The monoisotopic (exact) mass is 418 g/mol. The molecule has 2 amide bonds. The second-order valence-corrected chi connectivity index (χ2v) is 7.55. The van der Waals surface area contributed by atoms with Crippen LogP contribution in [-0.4, -0.2) is 31.8 Å². The lowest BCUT2D eigenvalue weighted by Crippen LogP contribution is -2.46. The quantitative estimate of drug-likeness (QED) is 0.404. The van der Waals surface area contributed by atoms with Gasteiger partial charge in [-0.05, 0) is 44.4 Å². The summed E-state index contributed by atoms with van der Waals surface area (Å²) in [5, 5.41) is 5.56. The van der Waals surface area contributed by atoms with E-state index in [-0.39, 0.29) is 12.1 Å². The standard InChI is InChI=1S/C23H34N2O5/c1-6-8-9-10-13-29-18-12-11-16(14-19(18)28-5)21-20(22(26)30-15(3)4)17(7-2)24-23(27)25-21/h11-12,14-15,21H,6-10,13H2,1-5H3,(H2,24,25,27). The van der Waals surface area contributed by atoms with E-state index in [9.17, 15) is 9.59 Å². The van der Waals surface area contributed by atoms with Gasteiger partial charge in [0.05, 0.1) is 31.4 Å². The molecule has 0 spiro atoms. The summed E-state index contributed by atoms with van der Waals surface area (Å²) in [5.74, 6) is 0.754. The second kappa shape index (κ2) is 11.5. The zero-order valence-corrected chi connectivity index (χ0v) is 18.7. The topological polar surface area (TPSA) is 85.9 Å². The lowest BCUT2D eigenvalue weighted by molar-refractivity contribution is -0.143. The van der Waals surface area contributed by atoms with Crippen molar-refractivity contribution in [2.75, 3.05) is 13.7 Å². The fourth-order valence-electron chi connectivity index (χ4n) is 3.36. The van der Waals surface area contributed by atoms with E-state index in [1.165, 1.54) is 12.8 Å². The highest BCUT2D eigenvalue weighted by molar-refractivity contribution is 5.95.